The average molecular weight is 531 g/mol. The molecule has 0 aromatic heterocycles. The molecule has 3 aliphatic rings. The van der Waals surface area contributed by atoms with Crippen molar-refractivity contribution in [2.45, 2.75) is 58.4 Å². The standard InChI is InChI=1S/C28H42N4O6/c1-4-5-10-30(12-9-29)25(34)16-32-15-20(19-6-7-22-23(13-19)38-18-37-22)26(27(35)36)21(32)8-11-31-17-28(2,3)14-24(31)33/h6-7,13,20-21,26H,4-5,8-12,14-18,29H2,1-3H3,(H,35,36)/t20-,21+,26?/m1/s1. The summed E-state index contributed by atoms with van der Waals surface area (Å²) in [6.45, 7) is 9.53. The van der Waals surface area contributed by atoms with Crippen LogP contribution < -0.4 is 15.2 Å². The van der Waals surface area contributed by atoms with Gasteiger partial charge in [-0.15, -0.1) is 0 Å². The number of benzene rings is 1. The lowest BCUT2D eigenvalue weighted by molar-refractivity contribution is -0.144. The van der Waals surface area contributed by atoms with Crippen LogP contribution >= 0.6 is 0 Å². The lowest BCUT2D eigenvalue weighted by Crippen LogP contribution is -2.46. The minimum Gasteiger partial charge on any atom is -0.481 e. The number of carboxylic acid groups (broad SMARTS) is 1. The van der Waals surface area contributed by atoms with E-state index in [1.807, 2.05) is 28.0 Å². The Balaban J connectivity index is 1.58. The lowest BCUT2D eigenvalue weighted by atomic mass is 9.84. The van der Waals surface area contributed by atoms with Gasteiger partial charge < -0.3 is 30.1 Å². The zero-order valence-corrected chi connectivity index (χ0v) is 22.9. The molecule has 3 heterocycles. The Morgan fingerprint density at radius 3 is 2.63 bits per heavy atom. The Hall–Kier alpha value is -2.85. The van der Waals surface area contributed by atoms with E-state index in [0.29, 0.717) is 63.6 Å². The van der Waals surface area contributed by atoms with Crippen molar-refractivity contribution < 1.29 is 29.0 Å². The molecule has 0 aliphatic carbocycles. The molecule has 2 saturated heterocycles. The predicted molar refractivity (Wildman–Crippen MR) is 142 cm³/mol. The molecule has 210 valence electrons. The maximum Gasteiger partial charge on any atom is 0.308 e. The fourth-order valence-corrected chi connectivity index (χ4v) is 6.15. The van der Waals surface area contributed by atoms with Crippen LogP contribution in [0.5, 0.6) is 11.5 Å². The molecular formula is C28H42N4O6. The number of likely N-dealkylation sites (tertiary alicyclic amines) is 2. The fourth-order valence-electron chi connectivity index (χ4n) is 6.15. The van der Waals surface area contributed by atoms with Crippen LogP contribution in [-0.4, -0.2) is 96.2 Å². The molecule has 3 N–H and O–H groups in total. The van der Waals surface area contributed by atoms with Gasteiger partial charge in [-0.05, 0) is 36.0 Å². The largest absolute Gasteiger partial charge is 0.481 e. The second kappa shape index (κ2) is 11.9. The van der Waals surface area contributed by atoms with Gasteiger partial charge in [-0.2, -0.15) is 0 Å². The molecule has 38 heavy (non-hydrogen) atoms. The van der Waals surface area contributed by atoms with E-state index in [2.05, 4.69) is 20.8 Å². The molecule has 10 nitrogen and oxygen atoms in total. The van der Waals surface area contributed by atoms with Gasteiger partial charge >= 0.3 is 5.97 Å². The number of carboxylic acids is 1. The molecule has 2 fully saturated rings. The molecule has 0 bridgehead atoms. The van der Waals surface area contributed by atoms with Crippen molar-refractivity contribution in [1.29, 1.82) is 0 Å². The maximum atomic E-state index is 13.4. The molecule has 3 atom stereocenters. The number of fused-ring (bicyclic) bond motifs is 1. The van der Waals surface area contributed by atoms with Crippen LogP contribution in [0.3, 0.4) is 0 Å². The highest BCUT2D eigenvalue weighted by Crippen LogP contribution is 2.43. The highest BCUT2D eigenvalue weighted by molar-refractivity contribution is 5.80. The van der Waals surface area contributed by atoms with Crippen LogP contribution in [0.15, 0.2) is 18.2 Å². The summed E-state index contributed by atoms with van der Waals surface area (Å²) in [5.74, 6) is -0.643. The number of hydrogen-bond donors (Lipinski definition) is 2. The SMILES string of the molecule is CCCCN(CCN)C(=O)CN1C[C@H](c2ccc3c(c2)OCO3)C(C(=O)O)[C@@H]1CCN1CC(C)(C)CC1=O. The number of unbranched alkanes of at least 4 members (excludes halogenated alkanes) is 1. The maximum absolute atomic E-state index is 13.4. The van der Waals surface area contributed by atoms with Crippen LogP contribution in [0.4, 0.5) is 0 Å². The second-order valence-electron chi connectivity index (χ2n) is 11.5. The van der Waals surface area contributed by atoms with Crippen molar-refractivity contribution >= 4 is 17.8 Å². The quantitative estimate of drug-likeness (QED) is 0.421. The summed E-state index contributed by atoms with van der Waals surface area (Å²) in [6.07, 6.45) is 2.83. The number of ether oxygens (including phenoxy) is 2. The van der Waals surface area contributed by atoms with Crippen LogP contribution in [0.25, 0.3) is 0 Å². The molecule has 1 unspecified atom stereocenters. The lowest BCUT2D eigenvalue weighted by Gasteiger charge is -2.31. The highest BCUT2D eigenvalue weighted by atomic mass is 16.7. The Bertz CT molecular complexity index is 1030. The molecule has 4 rings (SSSR count). The summed E-state index contributed by atoms with van der Waals surface area (Å²) < 4.78 is 11.0. The number of hydrogen-bond acceptors (Lipinski definition) is 7. The zero-order chi connectivity index (χ0) is 27.4. The molecular weight excluding hydrogens is 488 g/mol. The Morgan fingerprint density at radius 1 is 1.21 bits per heavy atom. The molecule has 0 radical (unpaired) electrons. The van der Waals surface area contributed by atoms with Gasteiger partial charge in [-0.1, -0.05) is 33.3 Å². The van der Waals surface area contributed by atoms with E-state index < -0.39 is 17.9 Å². The van der Waals surface area contributed by atoms with E-state index in [9.17, 15) is 19.5 Å². The Labute approximate surface area is 225 Å². The third kappa shape index (κ3) is 6.23. The van der Waals surface area contributed by atoms with E-state index in [1.165, 1.54) is 0 Å². The summed E-state index contributed by atoms with van der Waals surface area (Å²) in [5.41, 5.74) is 6.55. The minimum atomic E-state index is -0.898. The third-order valence-corrected chi connectivity index (χ3v) is 8.03. The minimum absolute atomic E-state index is 0.0391. The first-order valence-electron chi connectivity index (χ1n) is 13.8. The number of carbonyl (C=O) groups excluding carboxylic acids is 2. The number of nitrogens with zero attached hydrogens (tertiary/aromatic N) is 3. The first-order valence-corrected chi connectivity index (χ1v) is 13.8. The van der Waals surface area contributed by atoms with Crippen LogP contribution in [0.2, 0.25) is 0 Å². The van der Waals surface area contributed by atoms with Crippen LogP contribution in [0.1, 0.15) is 57.9 Å². The predicted octanol–water partition coefficient (Wildman–Crippen LogP) is 2.12. The number of carbonyl (C=O) groups is 3. The Kier molecular flexibility index (Phi) is 8.82. The van der Waals surface area contributed by atoms with Crippen molar-refractivity contribution in [1.82, 2.24) is 14.7 Å². The van der Waals surface area contributed by atoms with E-state index in [0.717, 1.165) is 18.4 Å². The van der Waals surface area contributed by atoms with Gasteiger partial charge in [0.2, 0.25) is 18.6 Å². The van der Waals surface area contributed by atoms with Crippen LogP contribution in [0, 0.1) is 11.3 Å². The molecule has 1 aromatic carbocycles. The Morgan fingerprint density at radius 2 is 1.97 bits per heavy atom. The van der Waals surface area contributed by atoms with Gasteiger partial charge in [-0.25, -0.2) is 0 Å². The smallest absolute Gasteiger partial charge is 0.308 e. The monoisotopic (exact) mass is 530 g/mol. The third-order valence-electron chi connectivity index (χ3n) is 8.03. The molecule has 1 aromatic rings. The van der Waals surface area contributed by atoms with E-state index in [1.54, 1.807) is 4.90 Å². The topological polar surface area (TPSA) is 126 Å². The first-order chi connectivity index (χ1) is 18.1. The van der Waals surface area contributed by atoms with Crippen molar-refractivity contribution in [3.8, 4) is 11.5 Å². The van der Waals surface area contributed by atoms with Crippen molar-refractivity contribution in [2.24, 2.45) is 17.1 Å². The fraction of sp³-hybridized carbons (Fsp3) is 0.679. The normalized spacial score (nSPS) is 24.3. The summed E-state index contributed by atoms with van der Waals surface area (Å²) in [7, 11) is 0. The van der Waals surface area contributed by atoms with Crippen molar-refractivity contribution in [3.63, 3.8) is 0 Å². The highest BCUT2D eigenvalue weighted by Gasteiger charge is 2.48. The van der Waals surface area contributed by atoms with Crippen molar-refractivity contribution in [2.75, 3.05) is 52.6 Å². The second-order valence-corrected chi connectivity index (χ2v) is 11.5. The number of nitrogens with two attached hydrogens (primary N) is 1. The van der Waals surface area contributed by atoms with Crippen LogP contribution in [-0.2, 0) is 14.4 Å². The van der Waals surface area contributed by atoms with Gasteiger partial charge in [-0.3, -0.25) is 19.3 Å². The van der Waals surface area contributed by atoms with Gasteiger partial charge in [0, 0.05) is 57.6 Å². The van der Waals surface area contributed by atoms with Gasteiger partial charge in [0.05, 0.1) is 12.5 Å². The number of aliphatic carboxylic acids is 1. The van der Waals surface area contributed by atoms with E-state index in [-0.39, 0.29) is 36.5 Å². The molecule has 0 saturated carbocycles. The molecule has 0 spiro atoms. The zero-order valence-electron chi connectivity index (χ0n) is 22.9. The van der Waals surface area contributed by atoms with E-state index >= 15 is 0 Å². The number of rotatable bonds is 12. The summed E-state index contributed by atoms with van der Waals surface area (Å²) in [5, 5.41) is 10.4. The number of amides is 2. The van der Waals surface area contributed by atoms with Gasteiger partial charge in [0.1, 0.15) is 0 Å². The first kappa shape index (κ1) is 28.2. The average Bonchev–Trinajstić information content (AvgIpc) is 3.54. The summed E-state index contributed by atoms with van der Waals surface area (Å²) >= 11 is 0. The summed E-state index contributed by atoms with van der Waals surface area (Å²) in [6, 6.07) is 5.18. The van der Waals surface area contributed by atoms with Crippen molar-refractivity contribution in [3.05, 3.63) is 23.8 Å². The molecule has 10 heteroatoms. The summed E-state index contributed by atoms with van der Waals surface area (Å²) in [4.78, 5) is 44.4. The van der Waals surface area contributed by atoms with Gasteiger partial charge in [0.15, 0.2) is 11.5 Å². The van der Waals surface area contributed by atoms with E-state index in [4.69, 9.17) is 15.2 Å². The molecule has 3 aliphatic heterocycles. The molecule has 2 amide bonds. The van der Waals surface area contributed by atoms with Gasteiger partial charge in [0.25, 0.3) is 0 Å².